The SMILES string of the molecule is CNC(c1ccc(C(=O)OC)o1)c1ccc(C)cc1Br. The molecule has 0 radical (unpaired) electrons. The number of hydrogen-bond donors (Lipinski definition) is 1. The third kappa shape index (κ3) is 2.94. The van der Waals surface area contributed by atoms with E-state index >= 15 is 0 Å². The molecule has 1 unspecified atom stereocenters. The predicted octanol–water partition coefficient (Wildman–Crippen LogP) is 3.45. The minimum absolute atomic E-state index is 0.136. The molecule has 0 aliphatic heterocycles. The van der Waals surface area contributed by atoms with Crippen molar-refractivity contribution in [3.8, 4) is 0 Å². The van der Waals surface area contributed by atoms with Gasteiger partial charge in [0.2, 0.25) is 5.76 Å². The number of halogens is 1. The third-order valence-electron chi connectivity index (χ3n) is 3.05. The molecule has 0 spiro atoms. The van der Waals surface area contributed by atoms with Gasteiger partial charge < -0.3 is 14.5 Å². The van der Waals surface area contributed by atoms with E-state index in [-0.39, 0.29) is 11.8 Å². The lowest BCUT2D eigenvalue weighted by atomic mass is 10.0. The molecule has 0 amide bonds. The fourth-order valence-electron chi connectivity index (χ4n) is 2.04. The van der Waals surface area contributed by atoms with Crippen LogP contribution in [0.25, 0.3) is 0 Å². The van der Waals surface area contributed by atoms with E-state index in [4.69, 9.17) is 4.42 Å². The van der Waals surface area contributed by atoms with Gasteiger partial charge in [-0.1, -0.05) is 28.1 Å². The molecule has 1 aromatic carbocycles. The number of furan rings is 1. The molecule has 0 aliphatic carbocycles. The van der Waals surface area contributed by atoms with E-state index in [1.165, 1.54) is 12.7 Å². The summed E-state index contributed by atoms with van der Waals surface area (Å²) >= 11 is 3.56. The second-order valence-corrected chi connectivity index (χ2v) is 5.29. The van der Waals surface area contributed by atoms with Crippen LogP contribution < -0.4 is 5.32 Å². The van der Waals surface area contributed by atoms with Crippen LogP contribution in [0.5, 0.6) is 0 Å². The highest BCUT2D eigenvalue weighted by atomic mass is 79.9. The van der Waals surface area contributed by atoms with E-state index in [2.05, 4.69) is 26.0 Å². The van der Waals surface area contributed by atoms with Crippen molar-refractivity contribution in [2.45, 2.75) is 13.0 Å². The number of hydrogen-bond acceptors (Lipinski definition) is 4. The van der Waals surface area contributed by atoms with Gasteiger partial charge >= 0.3 is 5.97 Å². The average Bonchev–Trinajstić information content (AvgIpc) is 2.90. The molecule has 1 aromatic heterocycles. The number of rotatable bonds is 4. The van der Waals surface area contributed by atoms with Crippen molar-refractivity contribution >= 4 is 21.9 Å². The van der Waals surface area contributed by atoms with Gasteiger partial charge in [0.15, 0.2) is 0 Å². The number of ether oxygens (including phenoxy) is 1. The van der Waals surface area contributed by atoms with Crippen LogP contribution in [0.4, 0.5) is 0 Å². The Labute approximate surface area is 126 Å². The first kappa shape index (κ1) is 14.8. The number of carbonyl (C=O) groups is 1. The molecule has 1 atom stereocenters. The molecule has 2 aromatic rings. The zero-order valence-electron chi connectivity index (χ0n) is 11.6. The van der Waals surface area contributed by atoms with Gasteiger partial charge in [-0.15, -0.1) is 0 Å². The van der Waals surface area contributed by atoms with Crippen LogP contribution in [0.15, 0.2) is 39.2 Å². The quantitative estimate of drug-likeness (QED) is 0.868. The van der Waals surface area contributed by atoms with Crippen LogP contribution in [-0.2, 0) is 4.74 Å². The van der Waals surface area contributed by atoms with Crippen LogP contribution in [-0.4, -0.2) is 20.1 Å². The molecule has 5 heteroatoms. The summed E-state index contributed by atoms with van der Waals surface area (Å²) < 4.78 is 11.2. The number of methoxy groups -OCH3 is 1. The minimum Gasteiger partial charge on any atom is -0.463 e. The highest BCUT2D eigenvalue weighted by Crippen LogP contribution is 2.30. The summed E-state index contributed by atoms with van der Waals surface area (Å²) in [6.07, 6.45) is 0. The Hall–Kier alpha value is -1.59. The first-order valence-corrected chi connectivity index (χ1v) is 6.97. The summed E-state index contributed by atoms with van der Waals surface area (Å²) in [6, 6.07) is 9.37. The fourth-order valence-corrected chi connectivity index (χ4v) is 2.76. The number of nitrogens with one attached hydrogen (secondary N) is 1. The molecule has 0 saturated carbocycles. The van der Waals surface area contributed by atoms with Crippen molar-refractivity contribution in [2.24, 2.45) is 0 Å². The average molecular weight is 338 g/mol. The molecule has 0 fully saturated rings. The maximum Gasteiger partial charge on any atom is 0.373 e. The summed E-state index contributed by atoms with van der Waals surface area (Å²) in [5.74, 6) is 0.387. The second kappa shape index (κ2) is 6.24. The lowest BCUT2D eigenvalue weighted by molar-refractivity contribution is 0.0562. The summed E-state index contributed by atoms with van der Waals surface area (Å²) in [4.78, 5) is 11.4. The van der Waals surface area contributed by atoms with Crippen LogP contribution in [0, 0.1) is 6.92 Å². The molecule has 2 rings (SSSR count). The molecule has 1 N–H and O–H groups in total. The molecule has 0 bridgehead atoms. The zero-order valence-corrected chi connectivity index (χ0v) is 13.2. The summed E-state index contributed by atoms with van der Waals surface area (Å²) in [7, 11) is 3.17. The van der Waals surface area contributed by atoms with Gasteiger partial charge in [0.25, 0.3) is 0 Å². The van der Waals surface area contributed by atoms with E-state index in [0.717, 1.165) is 10.0 Å². The Morgan fingerprint density at radius 1 is 1.35 bits per heavy atom. The molecule has 1 heterocycles. The highest BCUT2D eigenvalue weighted by Gasteiger charge is 2.20. The maximum absolute atomic E-state index is 11.4. The molecular formula is C15H16BrNO3. The highest BCUT2D eigenvalue weighted by molar-refractivity contribution is 9.10. The number of carbonyl (C=O) groups excluding carboxylic acids is 1. The fraction of sp³-hybridized carbons (Fsp3) is 0.267. The van der Waals surface area contributed by atoms with Crippen molar-refractivity contribution < 1.29 is 13.9 Å². The molecule has 0 saturated heterocycles. The first-order valence-electron chi connectivity index (χ1n) is 6.18. The van der Waals surface area contributed by atoms with Crippen LogP contribution in [0.1, 0.15) is 33.5 Å². The number of aryl methyl sites for hydroxylation is 1. The van der Waals surface area contributed by atoms with E-state index in [0.29, 0.717) is 5.76 Å². The predicted molar refractivity (Wildman–Crippen MR) is 79.8 cm³/mol. The Morgan fingerprint density at radius 2 is 2.10 bits per heavy atom. The van der Waals surface area contributed by atoms with Gasteiger partial charge in [0, 0.05) is 4.47 Å². The Kier molecular flexibility index (Phi) is 4.62. The normalized spacial score (nSPS) is 12.2. The van der Waals surface area contributed by atoms with E-state index in [9.17, 15) is 4.79 Å². The van der Waals surface area contributed by atoms with Gasteiger partial charge in [-0.2, -0.15) is 0 Å². The monoisotopic (exact) mass is 337 g/mol. The smallest absolute Gasteiger partial charge is 0.373 e. The van der Waals surface area contributed by atoms with Crippen LogP contribution >= 0.6 is 15.9 Å². The van der Waals surface area contributed by atoms with E-state index < -0.39 is 5.97 Å². The number of benzene rings is 1. The maximum atomic E-state index is 11.4. The van der Waals surface area contributed by atoms with Gasteiger partial charge in [-0.3, -0.25) is 0 Å². The first-order chi connectivity index (χ1) is 9.56. The third-order valence-corrected chi connectivity index (χ3v) is 3.74. The van der Waals surface area contributed by atoms with Crippen LogP contribution in [0.3, 0.4) is 0 Å². The van der Waals surface area contributed by atoms with Crippen molar-refractivity contribution in [2.75, 3.05) is 14.2 Å². The van der Waals surface area contributed by atoms with Crippen molar-refractivity contribution in [1.82, 2.24) is 5.32 Å². The summed E-state index contributed by atoms with van der Waals surface area (Å²) in [6.45, 7) is 2.03. The summed E-state index contributed by atoms with van der Waals surface area (Å²) in [5.41, 5.74) is 2.22. The Balaban J connectivity index is 2.37. The standard InChI is InChI=1S/C15H16BrNO3/c1-9-4-5-10(11(16)8-9)14(17-2)12-6-7-13(20-12)15(18)19-3/h4-8,14,17H,1-3H3. The van der Waals surface area contributed by atoms with E-state index in [1.54, 1.807) is 12.1 Å². The van der Waals surface area contributed by atoms with Crippen molar-refractivity contribution in [3.05, 3.63) is 57.5 Å². The van der Waals surface area contributed by atoms with Gasteiger partial charge in [-0.25, -0.2) is 4.79 Å². The van der Waals surface area contributed by atoms with Gasteiger partial charge in [0.1, 0.15) is 5.76 Å². The molecule has 106 valence electrons. The lowest BCUT2D eigenvalue weighted by Gasteiger charge is -2.16. The Bertz CT molecular complexity index is 621. The Morgan fingerprint density at radius 3 is 2.70 bits per heavy atom. The van der Waals surface area contributed by atoms with E-state index in [1.807, 2.05) is 32.2 Å². The number of esters is 1. The molecule has 0 aliphatic rings. The van der Waals surface area contributed by atoms with Crippen molar-refractivity contribution in [1.29, 1.82) is 0 Å². The van der Waals surface area contributed by atoms with Crippen LogP contribution in [0.2, 0.25) is 0 Å². The largest absolute Gasteiger partial charge is 0.463 e. The molecular weight excluding hydrogens is 322 g/mol. The second-order valence-electron chi connectivity index (χ2n) is 4.44. The molecule has 4 nitrogen and oxygen atoms in total. The summed E-state index contributed by atoms with van der Waals surface area (Å²) in [5, 5.41) is 3.19. The van der Waals surface area contributed by atoms with Gasteiger partial charge in [-0.05, 0) is 43.3 Å². The van der Waals surface area contributed by atoms with Gasteiger partial charge in [0.05, 0.1) is 13.2 Å². The topological polar surface area (TPSA) is 51.5 Å². The molecule has 20 heavy (non-hydrogen) atoms. The minimum atomic E-state index is -0.478. The van der Waals surface area contributed by atoms with Crippen molar-refractivity contribution in [3.63, 3.8) is 0 Å². The zero-order chi connectivity index (χ0) is 14.7. The lowest BCUT2D eigenvalue weighted by Crippen LogP contribution is -2.17.